The van der Waals surface area contributed by atoms with Crippen molar-refractivity contribution in [1.82, 2.24) is 10.6 Å². The Kier molecular flexibility index (Phi) is 5.10. The van der Waals surface area contributed by atoms with E-state index in [9.17, 15) is 9.59 Å². The zero-order valence-electron chi connectivity index (χ0n) is 12.0. The fourth-order valence-corrected chi connectivity index (χ4v) is 1.97. The first kappa shape index (κ1) is 15.2. The lowest BCUT2D eigenvalue weighted by Gasteiger charge is -2.25. The normalized spacial score (nSPS) is 12.6. The summed E-state index contributed by atoms with van der Waals surface area (Å²) >= 11 is 0. The predicted octanol–water partition coefficient (Wildman–Crippen LogP) is 1.60. The van der Waals surface area contributed by atoms with Crippen LogP contribution in [0.5, 0.6) is 0 Å². The summed E-state index contributed by atoms with van der Waals surface area (Å²) < 4.78 is 0. The van der Waals surface area contributed by atoms with Crippen molar-refractivity contribution in [3.8, 4) is 0 Å². The smallest absolute Gasteiger partial charge is 0.242 e. The van der Waals surface area contributed by atoms with Crippen LogP contribution in [0.3, 0.4) is 0 Å². The van der Waals surface area contributed by atoms with Crippen molar-refractivity contribution in [3.63, 3.8) is 0 Å². The Morgan fingerprint density at radius 3 is 2.32 bits per heavy atom. The van der Waals surface area contributed by atoms with E-state index in [1.165, 1.54) is 0 Å². The lowest BCUT2D eigenvalue weighted by Crippen LogP contribution is -2.45. The van der Waals surface area contributed by atoms with Crippen LogP contribution in [0.15, 0.2) is 30.3 Å². The number of carbonyl (C=O) groups is 2. The van der Waals surface area contributed by atoms with E-state index < -0.39 is 6.04 Å². The van der Waals surface area contributed by atoms with E-state index in [2.05, 4.69) is 10.6 Å². The highest BCUT2D eigenvalue weighted by Crippen LogP contribution is 2.26. The highest BCUT2D eigenvalue weighted by molar-refractivity contribution is 5.87. The molecule has 0 aliphatic rings. The fraction of sp³-hybridized carbons (Fsp3) is 0.467. The summed E-state index contributed by atoms with van der Waals surface area (Å²) in [7, 11) is 1.55. The molecule has 1 atom stereocenters. The average Bonchev–Trinajstić information content (AvgIpc) is 2.38. The van der Waals surface area contributed by atoms with E-state index in [1.807, 2.05) is 44.2 Å². The van der Waals surface area contributed by atoms with Gasteiger partial charge in [0.15, 0.2) is 0 Å². The molecule has 0 aliphatic heterocycles. The number of hydrogen-bond acceptors (Lipinski definition) is 2. The van der Waals surface area contributed by atoms with Crippen molar-refractivity contribution in [3.05, 3.63) is 35.9 Å². The van der Waals surface area contributed by atoms with Gasteiger partial charge in [0.1, 0.15) is 6.04 Å². The summed E-state index contributed by atoms with van der Waals surface area (Å²) in [5.41, 5.74) is 0.853. The van der Waals surface area contributed by atoms with Gasteiger partial charge in [-0.25, -0.2) is 0 Å². The predicted molar refractivity (Wildman–Crippen MR) is 75.8 cm³/mol. The molecule has 19 heavy (non-hydrogen) atoms. The van der Waals surface area contributed by atoms with Crippen molar-refractivity contribution in [1.29, 1.82) is 0 Å². The number of benzene rings is 1. The molecule has 0 aromatic heterocycles. The van der Waals surface area contributed by atoms with Crippen molar-refractivity contribution in [2.75, 3.05) is 7.05 Å². The SMILES string of the molecule is CNC(=O)[C@H](C)NC(=O)CC(C)(C)c1ccccc1. The summed E-state index contributed by atoms with van der Waals surface area (Å²) in [6.45, 7) is 5.71. The summed E-state index contributed by atoms with van der Waals surface area (Å²) in [6.07, 6.45) is 0.346. The summed E-state index contributed by atoms with van der Waals surface area (Å²) in [5.74, 6) is -0.309. The molecule has 0 radical (unpaired) electrons. The quantitative estimate of drug-likeness (QED) is 0.847. The summed E-state index contributed by atoms with van der Waals surface area (Å²) in [5, 5.41) is 5.22. The van der Waals surface area contributed by atoms with E-state index in [4.69, 9.17) is 0 Å². The van der Waals surface area contributed by atoms with Crippen LogP contribution in [0.4, 0.5) is 0 Å². The molecule has 0 bridgehead atoms. The molecule has 0 heterocycles. The van der Waals surface area contributed by atoms with Crippen LogP contribution in [0.2, 0.25) is 0 Å². The Balaban J connectivity index is 2.64. The molecular formula is C15H22N2O2. The largest absolute Gasteiger partial charge is 0.357 e. The van der Waals surface area contributed by atoms with Gasteiger partial charge in [0.25, 0.3) is 0 Å². The molecular weight excluding hydrogens is 240 g/mol. The van der Waals surface area contributed by atoms with E-state index in [-0.39, 0.29) is 17.2 Å². The van der Waals surface area contributed by atoms with E-state index >= 15 is 0 Å². The zero-order chi connectivity index (χ0) is 14.5. The molecule has 1 aromatic carbocycles. The van der Waals surface area contributed by atoms with E-state index in [1.54, 1.807) is 14.0 Å². The monoisotopic (exact) mass is 262 g/mol. The first-order chi connectivity index (χ1) is 8.86. The molecule has 0 saturated carbocycles. The fourth-order valence-electron chi connectivity index (χ4n) is 1.97. The van der Waals surface area contributed by atoms with Crippen LogP contribution in [0.1, 0.15) is 32.8 Å². The number of carbonyl (C=O) groups excluding carboxylic acids is 2. The highest BCUT2D eigenvalue weighted by atomic mass is 16.2. The van der Waals surface area contributed by atoms with Gasteiger partial charge in [0.2, 0.25) is 11.8 Å². The Bertz CT molecular complexity index is 441. The molecule has 2 amide bonds. The second-order valence-corrected chi connectivity index (χ2v) is 5.33. The van der Waals surface area contributed by atoms with Gasteiger partial charge in [-0.2, -0.15) is 0 Å². The molecule has 4 nitrogen and oxygen atoms in total. The molecule has 2 N–H and O–H groups in total. The maximum atomic E-state index is 12.0. The molecule has 1 aromatic rings. The number of amides is 2. The molecule has 0 aliphatic carbocycles. The molecule has 104 valence electrons. The van der Waals surface area contributed by atoms with Crippen LogP contribution in [-0.4, -0.2) is 24.9 Å². The third-order valence-electron chi connectivity index (χ3n) is 3.17. The van der Waals surface area contributed by atoms with Gasteiger partial charge < -0.3 is 10.6 Å². The maximum Gasteiger partial charge on any atom is 0.242 e. The maximum absolute atomic E-state index is 12.0. The van der Waals surface area contributed by atoms with Crippen LogP contribution in [0, 0.1) is 0 Å². The Morgan fingerprint density at radius 1 is 1.21 bits per heavy atom. The third kappa shape index (κ3) is 4.39. The highest BCUT2D eigenvalue weighted by Gasteiger charge is 2.25. The Labute approximate surface area is 114 Å². The van der Waals surface area contributed by atoms with Crippen molar-refractivity contribution in [2.24, 2.45) is 0 Å². The van der Waals surface area contributed by atoms with Crippen molar-refractivity contribution in [2.45, 2.75) is 38.6 Å². The minimum Gasteiger partial charge on any atom is -0.357 e. The van der Waals surface area contributed by atoms with Crippen molar-refractivity contribution < 1.29 is 9.59 Å². The number of nitrogens with one attached hydrogen (secondary N) is 2. The zero-order valence-corrected chi connectivity index (χ0v) is 12.0. The van der Waals surface area contributed by atoms with Gasteiger partial charge in [0.05, 0.1) is 0 Å². The second kappa shape index (κ2) is 6.36. The van der Waals surface area contributed by atoms with E-state index in [0.717, 1.165) is 5.56 Å². The third-order valence-corrected chi connectivity index (χ3v) is 3.17. The van der Waals surface area contributed by atoms with Crippen molar-refractivity contribution >= 4 is 11.8 Å². The van der Waals surface area contributed by atoms with Gasteiger partial charge >= 0.3 is 0 Å². The molecule has 0 spiro atoms. The van der Waals surface area contributed by atoms with Gasteiger partial charge in [0, 0.05) is 13.5 Å². The Hall–Kier alpha value is -1.84. The second-order valence-electron chi connectivity index (χ2n) is 5.33. The topological polar surface area (TPSA) is 58.2 Å². The van der Waals surface area contributed by atoms with Gasteiger partial charge in [-0.1, -0.05) is 44.2 Å². The lowest BCUT2D eigenvalue weighted by atomic mass is 9.81. The van der Waals surface area contributed by atoms with E-state index in [0.29, 0.717) is 6.42 Å². The number of hydrogen-bond donors (Lipinski definition) is 2. The number of rotatable bonds is 5. The average molecular weight is 262 g/mol. The first-order valence-corrected chi connectivity index (χ1v) is 6.43. The van der Waals surface area contributed by atoms with Gasteiger partial charge in [-0.05, 0) is 17.9 Å². The minimum absolute atomic E-state index is 0.120. The molecule has 0 unspecified atom stereocenters. The molecule has 1 rings (SSSR count). The molecule has 0 saturated heterocycles. The van der Waals surface area contributed by atoms with Crippen LogP contribution in [0.25, 0.3) is 0 Å². The van der Waals surface area contributed by atoms with Gasteiger partial charge in [-0.15, -0.1) is 0 Å². The summed E-state index contributed by atoms with van der Waals surface area (Å²) in [4.78, 5) is 23.3. The standard InChI is InChI=1S/C15H22N2O2/c1-11(14(19)16-4)17-13(18)10-15(2,3)12-8-6-5-7-9-12/h5-9,11H,10H2,1-4H3,(H,16,19)(H,17,18)/t11-/m0/s1. The molecule has 0 fully saturated rings. The van der Waals surface area contributed by atoms with Crippen LogP contribution < -0.4 is 10.6 Å². The molecule has 4 heteroatoms. The number of likely N-dealkylation sites (N-methyl/N-ethyl adjacent to an activating group) is 1. The summed E-state index contributed by atoms with van der Waals surface area (Å²) in [6, 6.07) is 9.38. The lowest BCUT2D eigenvalue weighted by molar-refractivity contribution is -0.128. The Morgan fingerprint density at radius 2 is 1.79 bits per heavy atom. The first-order valence-electron chi connectivity index (χ1n) is 6.43. The van der Waals surface area contributed by atoms with Crippen LogP contribution >= 0.6 is 0 Å². The van der Waals surface area contributed by atoms with Gasteiger partial charge in [-0.3, -0.25) is 9.59 Å². The van der Waals surface area contributed by atoms with Crippen LogP contribution in [-0.2, 0) is 15.0 Å². The minimum atomic E-state index is -0.510.